The summed E-state index contributed by atoms with van der Waals surface area (Å²) in [4.78, 5) is 1.89. The van der Waals surface area contributed by atoms with E-state index in [1.165, 1.54) is 0 Å². The molecule has 0 saturated heterocycles. The summed E-state index contributed by atoms with van der Waals surface area (Å²) >= 11 is 0. The molecule has 1 aromatic rings. The van der Waals surface area contributed by atoms with E-state index in [4.69, 9.17) is 5.26 Å². The first-order chi connectivity index (χ1) is 7.69. The van der Waals surface area contributed by atoms with Crippen LogP contribution in [0.5, 0.6) is 0 Å². The third-order valence-electron chi connectivity index (χ3n) is 2.36. The average molecular weight is 219 g/mol. The Morgan fingerprint density at radius 1 is 1.50 bits per heavy atom. The predicted molar refractivity (Wildman–Crippen MR) is 64.4 cm³/mol. The fourth-order valence-electron chi connectivity index (χ4n) is 1.62. The second kappa shape index (κ2) is 6.11. The SMILES string of the molecule is CNCC(O)CN(C)c1ccccc1C#N. The standard InChI is InChI=1S/C12H17N3O/c1-14-8-11(16)9-15(2)12-6-4-3-5-10(12)7-13/h3-6,11,14,16H,8-9H2,1-2H3. The molecule has 16 heavy (non-hydrogen) atoms. The predicted octanol–water partition coefficient (Wildman–Crippen LogP) is 0.575. The maximum absolute atomic E-state index is 9.66. The lowest BCUT2D eigenvalue weighted by molar-refractivity contribution is 0.181. The second-order valence-corrected chi connectivity index (χ2v) is 3.72. The number of nitrogens with zero attached hydrogens (tertiary/aromatic N) is 2. The first kappa shape index (κ1) is 12.5. The van der Waals surface area contributed by atoms with Crippen molar-refractivity contribution in [1.29, 1.82) is 5.26 Å². The Hall–Kier alpha value is -1.57. The van der Waals surface area contributed by atoms with Crippen LogP contribution in [0.15, 0.2) is 24.3 Å². The van der Waals surface area contributed by atoms with Crippen LogP contribution in [0.1, 0.15) is 5.56 Å². The Labute approximate surface area is 96.1 Å². The zero-order valence-electron chi connectivity index (χ0n) is 9.64. The molecule has 0 aliphatic heterocycles. The van der Waals surface area contributed by atoms with Gasteiger partial charge in [0.2, 0.25) is 0 Å². The van der Waals surface area contributed by atoms with Crippen molar-refractivity contribution in [2.45, 2.75) is 6.10 Å². The summed E-state index contributed by atoms with van der Waals surface area (Å²) in [6.45, 7) is 1.04. The van der Waals surface area contributed by atoms with E-state index in [-0.39, 0.29) is 0 Å². The van der Waals surface area contributed by atoms with Crippen molar-refractivity contribution in [2.75, 3.05) is 32.1 Å². The van der Waals surface area contributed by atoms with Gasteiger partial charge < -0.3 is 15.3 Å². The average Bonchev–Trinajstić information content (AvgIpc) is 2.29. The maximum Gasteiger partial charge on any atom is 0.101 e. The molecule has 0 bridgehead atoms. The molecule has 4 nitrogen and oxygen atoms in total. The van der Waals surface area contributed by atoms with E-state index in [1.807, 2.05) is 30.1 Å². The minimum absolute atomic E-state index is 0.443. The highest BCUT2D eigenvalue weighted by molar-refractivity contribution is 5.58. The summed E-state index contributed by atoms with van der Waals surface area (Å²) in [6, 6.07) is 9.52. The van der Waals surface area contributed by atoms with Gasteiger partial charge in [0, 0.05) is 20.1 Å². The maximum atomic E-state index is 9.66. The number of aliphatic hydroxyl groups excluding tert-OH is 1. The van der Waals surface area contributed by atoms with Gasteiger partial charge in [-0.2, -0.15) is 5.26 Å². The highest BCUT2D eigenvalue weighted by Gasteiger charge is 2.10. The van der Waals surface area contributed by atoms with Crippen LogP contribution in [0.4, 0.5) is 5.69 Å². The van der Waals surface area contributed by atoms with E-state index >= 15 is 0 Å². The van der Waals surface area contributed by atoms with E-state index in [2.05, 4.69) is 11.4 Å². The number of nitriles is 1. The third kappa shape index (κ3) is 3.23. The zero-order valence-corrected chi connectivity index (χ0v) is 9.64. The van der Waals surface area contributed by atoms with Crippen LogP contribution in [-0.2, 0) is 0 Å². The van der Waals surface area contributed by atoms with E-state index in [0.717, 1.165) is 5.69 Å². The Bertz CT molecular complexity index is 373. The molecule has 0 heterocycles. The normalized spacial score (nSPS) is 11.9. The van der Waals surface area contributed by atoms with Gasteiger partial charge in [-0.05, 0) is 19.2 Å². The second-order valence-electron chi connectivity index (χ2n) is 3.72. The lowest BCUT2D eigenvalue weighted by atomic mass is 10.1. The van der Waals surface area contributed by atoms with Gasteiger partial charge in [0.05, 0.1) is 17.4 Å². The van der Waals surface area contributed by atoms with Crippen molar-refractivity contribution in [3.63, 3.8) is 0 Å². The molecule has 1 aromatic carbocycles. The van der Waals surface area contributed by atoms with Crippen molar-refractivity contribution in [1.82, 2.24) is 5.32 Å². The van der Waals surface area contributed by atoms with Crippen molar-refractivity contribution >= 4 is 5.69 Å². The fourth-order valence-corrected chi connectivity index (χ4v) is 1.62. The molecule has 0 aromatic heterocycles. The summed E-state index contributed by atoms with van der Waals surface area (Å²) in [5.74, 6) is 0. The molecule has 0 aliphatic rings. The van der Waals surface area contributed by atoms with Crippen molar-refractivity contribution in [3.8, 4) is 6.07 Å². The summed E-state index contributed by atoms with van der Waals surface area (Å²) in [6.07, 6.45) is -0.443. The number of nitrogens with one attached hydrogen (secondary N) is 1. The number of hydrogen-bond acceptors (Lipinski definition) is 4. The van der Waals surface area contributed by atoms with Crippen molar-refractivity contribution < 1.29 is 5.11 Å². The number of para-hydroxylation sites is 1. The number of hydrogen-bond donors (Lipinski definition) is 2. The van der Waals surface area contributed by atoms with Gasteiger partial charge in [0.1, 0.15) is 6.07 Å². The van der Waals surface area contributed by atoms with E-state index in [9.17, 15) is 5.11 Å². The lowest BCUT2D eigenvalue weighted by Gasteiger charge is -2.23. The van der Waals surface area contributed by atoms with Crippen molar-refractivity contribution in [2.24, 2.45) is 0 Å². The fraction of sp³-hybridized carbons (Fsp3) is 0.417. The largest absolute Gasteiger partial charge is 0.390 e. The number of anilines is 1. The van der Waals surface area contributed by atoms with Crippen LogP contribution >= 0.6 is 0 Å². The molecule has 0 spiro atoms. The molecule has 1 unspecified atom stereocenters. The van der Waals surface area contributed by atoms with Gasteiger partial charge in [-0.15, -0.1) is 0 Å². The molecule has 0 saturated carbocycles. The smallest absolute Gasteiger partial charge is 0.101 e. The first-order valence-corrected chi connectivity index (χ1v) is 5.22. The van der Waals surface area contributed by atoms with Crippen LogP contribution in [-0.4, -0.2) is 38.4 Å². The van der Waals surface area contributed by atoms with E-state index < -0.39 is 6.10 Å². The highest BCUT2D eigenvalue weighted by atomic mass is 16.3. The molecule has 0 aliphatic carbocycles. The van der Waals surface area contributed by atoms with Gasteiger partial charge in [-0.3, -0.25) is 0 Å². The summed E-state index contributed by atoms with van der Waals surface area (Å²) in [5, 5.41) is 21.5. The van der Waals surface area contributed by atoms with E-state index in [1.54, 1.807) is 13.1 Å². The van der Waals surface area contributed by atoms with Gasteiger partial charge >= 0.3 is 0 Å². The van der Waals surface area contributed by atoms with Crippen LogP contribution in [0.25, 0.3) is 0 Å². The van der Waals surface area contributed by atoms with Crippen LogP contribution in [0, 0.1) is 11.3 Å². The molecule has 0 radical (unpaired) electrons. The number of rotatable bonds is 5. The molecule has 1 rings (SSSR count). The molecular weight excluding hydrogens is 202 g/mol. The summed E-state index contributed by atoms with van der Waals surface area (Å²) in [7, 11) is 3.67. The summed E-state index contributed by atoms with van der Waals surface area (Å²) in [5.41, 5.74) is 1.47. The van der Waals surface area contributed by atoms with Crippen LogP contribution in [0.2, 0.25) is 0 Å². The Balaban J connectivity index is 2.73. The number of aliphatic hydroxyl groups is 1. The van der Waals surface area contributed by atoms with Gasteiger partial charge in [0.15, 0.2) is 0 Å². The molecule has 0 fully saturated rings. The third-order valence-corrected chi connectivity index (χ3v) is 2.36. The highest BCUT2D eigenvalue weighted by Crippen LogP contribution is 2.17. The Morgan fingerprint density at radius 2 is 2.19 bits per heavy atom. The molecular formula is C12H17N3O. The number of likely N-dealkylation sites (N-methyl/N-ethyl adjacent to an activating group) is 2. The quantitative estimate of drug-likeness (QED) is 0.760. The van der Waals surface area contributed by atoms with Gasteiger partial charge in [-0.1, -0.05) is 12.1 Å². The van der Waals surface area contributed by atoms with Crippen LogP contribution < -0.4 is 10.2 Å². The summed E-state index contributed by atoms with van der Waals surface area (Å²) < 4.78 is 0. The molecule has 86 valence electrons. The first-order valence-electron chi connectivity index (χ1n) is 5.22. The molecule has 4 heteroatoms. The molecule has 0 amide bonds. The molecule has 1 atom stereocenters. The Morgan fingerprint density at radius 3 is 2.81 bits per heavy atom. The number of benzene rings is 1. The van der Waals surface area contributed by atoms with E-state index in [0.29, 0.717) is 18.7 Å². The topological polar surface area (TPSA) is 59.3 Å². The Kier molecular flexibility index (Phi) is 4.77. The van der Waals surface area contributed by atoms with Gasteiger partial charge in [0.25, 0.3) is 0 Å². The minimum Gasteiger partial charge on any atom is -0.390 e. The minimum atomic E-state index is -0.443. The van der Waals surface area contributed by atoms with Crippen LogP contribution in [0.3, 0.4) is 0 Å². The zero-order chi connectivity index (χ0) is 12.0. The lowest BCUT2D eigenvalue weighted by Crippen LogP contribution is -2.35. The van der Waals surface area contributed by atoms with Crippen molar-refractivity contribution in [3.05, 3.63) is 29.8 Å². The van der Waals surface area contributed by atoms with Gasteiger partial charge in [-0.25, -0.2) is 0 Å². The molecule has 2 N–H and O–H groups in total. The monoisotopic (exact) mass is 219 g/mol.